The second kappa shape index (κ2) is 7.75. The van der Waals surface area contributed by atoms with Gasteiger partial charge in [0.1, 0.15) is 0 Å². The van der Waals surface area contributed by atoms with E-state index in [-0.39, 0.29) is 6.42 Å². The molecule has 1 aliphatic heterocycles. The van der Waals surface area contributed by atoms with Crippen molar-refractivity contribution in [2.75, 3.05) is 0 Å². The Hall–Kier alpha value is -1.68. The molecule has 0 aromatic heterocycles. The highest BCUT2D eigenvalue weighted by atomic mass is 19.4. The van der Waals surface area contributed by atoms with Crippen molar-refractivity contribution < 1.29 is 44.3 Å². The van der Waals surface area contributed by atoms with Crippen molar-refractivity contribution in [2.24, 2.45) is 5.92 Å². The first-order valence-electron chi connectivity index (χ1n) is 7.99. The Labute approximate surface area is 149 Å². The molecule has 1 rings (SSSR count). The monoisotopic (exact) mass is 411 g/mol. The van der Waals surface area contributed by atoms with Gasteiger partial charge in [0.15, 0.2) is 0 Å². The van der Waals surface area contributed by atoms with Crippen molar-refractivity contribution in [2.45, 2.75) is 62.7 Å². The van der Waals surface area contributed by atoms with E-state index in [1.54, 1.807) is 6.92 Å². The van der Waals surface area contributed by atoms with Gasteiger partial charge < -0.3 is 4.90 Å². The van der Waals surface area contributed by atoms with Gasteiger partial charge in [-0.2, -0.15) is 39.5 Å². The van der Waals surface area contributed by atoms with Crippen molar-refractivity contribution in [3.8, 4) is 0 Å². The summed E-state index contributed by atoms with van der Waals surface area (Å²) < 4.78 is 120. The van der Waals surface area contributed by atoms with Crippen LogP contribution in [0.4, 0.5) is 39.5 Å². The molecule has 1 heterocycles. The van der Waals surface area contributed by atoms with Crippen molar-refractivity contribution >= 4 is 5.91 Å². The lowest BCUT2D eigenvalue weighted by atomic mass is 9.82. The fraction of sp³-hybridized carbons (Fsp3) is 0.688. The minimum atomic E-state index is -6.20. The number of likely N-dealkylation sites (tertiary alicyclic amines) is 1. The Morgan fingerprint density at radius 1 is 1.11 bits per heavy atom. The minimum absolute atomic E-state index is 0.241. The maximum absolute atomic E-state index is 13.6. The van der Waals surface area contributed by atoms with Crippen LogP contribution in [0.5, 0.6) is 0 Å². The van der Waals surface area contributed by atoms with E-state index in [1.807, 2.05) is 0 Å². The zero-order chi connectivity index (χ0) is 21.3. The van der Waals surface area contributed by atoms with Gasteiger partial charge >= 0.3 is 24.4 Å². The minimum Gasteiger partial charge on any atom is -0.306 e. The van der Waals surface area contributed by atoms with Crippen LogP contribution in [0.1, 0.15) is 32.6 Å². The number of alkyl halides is 9. The lowest BCUT2D eigenvalue weighted by Crippen LogP contribution is -2.71. The summed E-state index contributed by atoms with van der Waals surface area (Å²) in [6.07, 6.45) is -15.6. The first-order valence-corrected chi connectivity index (χ1v) is 7.99. The molecule has 1 amide bonds. The Balaban J connectivity index is 3.66. The summed E-state index contributed by atoms with van der Waals surface area (Å²) in [7, 11) is 0. The fourth-order valence-corrected chi connectivity index (χ4v) is 3.28. The number of hydrogen-bond donors (Lipinski definition) is 0. The third kappa shape index (κ3) is 4.11. The predicted molar refractivity (Wildman–Crippen MR) is 78.5 cm³/mol. The molecule has 0 aliphatic carbocycles. The maximum Gasteiger partial charge on any atom is 0.471 e. The Morgan fingerprint density at radius 3 is 2.00 bits per heavy atom. The molecule has 2 unspecified atom stereocenters. The quantitative estimate of drug-likeness (QED) is 0.330. The molecule has 156 valence electrons. The Bertz CT molecular complexity index is 560. The van der Waals surface area contributed by atoms with E-state index >= 15 is 0 Å². The molecule has 0 aromatic carbocycles. The lowest BCUT2D eigenvalue weighted by molar-refractivity contribution is -0.341. The maximum atomic E-state index is 13.6. The molecule has 11 heteroatoms. The summed E-state index contributed by atoms with van der Waals surface area (Å²) in [6.45, 7) is 4.69. The van der Waals surface area contributed by atoms with Gasteiger partial charge in [-0.3, -0.25) is 4.79 Å². The highest BCUT2D eigenvalue weighted by molar-refractivity contribution is 5.84. The zero-order valence-corrected chi connectivity index (χ0v) is 14.2. The number of carbonyl (C=O) groups is 1. The summed E-state index contributed by atoms with van der Waals surface area (Å²) in [6, 6.07) is -2.03. The third-order valence-electron chi connectivity index (χ3n) is 4.44. The van der Waals surface area contributed by atoms with Crippen LogP contribution in [-0.4, -0.2) is 40.9 Å². The topological polar surface area (TPSA) is 20.3 Å². The number of rotatable bonds is 5. The molecule has 0 aromatic rings. The molecule has 27 heavy (non-hydrogen) atoms. The number of hydrogen-bond acceptors (Lipinski definition) is 1. The normalized spacial score (nSPS) is 23.9. The third-order valence-corrected chi connectivity index (χ3v) is 4.44. The van der Waals surface area contributed by atoms with E-state index in [1.165, 1.54) is 6.08 Å². The van der Waals surface area contributed by atoms with Crippen LogP contribution in [0.3, 0.4) is 0 Å². The number of unbranched alkanes of at least 4 members (excludes halogenated alkanes) is 2. The molecule has 1 aliphatic rings. The van der Waals surface area contributed by atoms with Gasteiger partial charge in [-0.05, 0) is 12.8 Å². The van der Waals surface area contributed by atoms with Crippen LogP contribution >= 0.6 is 0 Å². The number of carbonyl (C=O) groups excluding carboxylic acids is 1. The molecule has 2 nitrogen and oxygen atoms in total. The van der Waals surface area contributed by atoms with Crippen molar-refractivity contribution in [3.05, 3.63) is 24.8 Å². The van der Waals surface area contributed by atoms with Crippen molar-refractivity contribution in [3.63, 3.8) is 0 Å². The van der Waals surface area contributed by atoms with Gasteiger partial charge in [0.05, 0.1) is 6.04 Å². The van der Waals surface area contributed by atoms with E-state index in [9.17, 15) is 44.3 Å². The first-order chi connectivity index (χ1) is 12.2. The SMILES string of the molecule is C=CC1CC(/C=C\CCCC)N(C(=O)C(F)(F)F)C1(C(F)(F)F)C(F)(F)F. The van der Waals surface area contributed by atoms with Crippen molar-refractivity contribution in [1.82, 2.24) is 4.90 Å². The van der Waals surface area contributed by atoms with E-state index in [0.29, 0.717) is 18.9 Å². The van der Waals surface area contributed by atoms with Crippen LogP contribution < -0.4 is 0 Å². The molecule has 0 saturated carbocycles. The van der Waals surface area contributed by atoms with Crippen LogP contribution in [0.2, 0.25) is 0 Å². The Kier molecular flexibility index (Phi) is 6.70. The van der Waals surface area contributed by atoms with Gasteiger partial charge in [0.25, 0.3) is 0 Å². The lowest BCUT2D eigenvalue weighted by Gasteiger charge is -2.44. The fourth-order valence-electron chi connectivity index (χ4n) is 3.28. The van der Waals surface area contributed by atoms with E-state index in [2.05, 4.69) is 6.58 Å². The number of amides is 1. The largest absolute Gasteiger partial charge is 0.471 e. The van der Waals surface area contributed by atoms with E-state index in [4.69, 9.17) is 0 Å². The van der Waals surface area contributed by atoms with Crippen LogP contribution in [0, 0.1) is 5.92 Å². The number of halogens is 9. The highest BCUT2D eigenvalue weighted by Crippen LogP contribution is 2.58. The molecule has 0 bridgehead atoms. The molecule has 0 N–H and O–H groups in total. The van der Waals surface area contributed by atoms with E-state index < -0.39 is 53.3 Å². The van der Waals surface area contributed by atoms with E-state index in [0.717, 1.165) is 6.08 Å². The second-order valence-electron chi connectivity index (χ2n) is 6.15. The van der Waals surface area contributed by atoms with Crippen LogP contribution in [-0.2, 0) is 4.79 Å². The van der Waals surface area contributed by atoms with Gasteiger partial charge in [-0.1, -0.05) is 38.0 Å². The van der Waals surface area contributed by atoms with Crippen LogP contribution in [0.25, 0.3) is 0 Å². The molecular formula is C16H18F9NO. The predicted octanol–water partition coefficient (Wildman–Crippen LogP) is 5.56. The summed E-state index contributed by atoms with van der Waals surface area (Å²) in [5, 5.41) is 0. The van der Waals surface area contributed by atoms with Gasteiger partial charge in [-0.15, -0.1) is 6.58 Å². The molecule has 0 radical (unpaired) electrons. The van der Waals surface area contributed by atoms with Crippen molar-refractivity contribution in [1.29, 1.82) is 0 Å². The summed E-state index contributed by atoms with van der Waals surface area (Å²) >= 11 is 0. The number of nitrogens with zero attached hydrogens (tertiary/aromatic N) is 1. The van der Waals surface area contributed by atoms with Gasteiger partial charge in [0, 0.05) is 5.92 Å². The number of allylic oxidation sites excluding steroid dienone is 1. The molecule has 0 spiro atoms. The van der Waals surface area contributed by atoms with Crippen LogP contribution in [0.15, 0.2) is 24.8 Å². The average Bonchev–Trinajstić information content (AvgIpc) is 2.84. The second-order valence-corrected chi connectivity index (χ2v) is 6.15. The van der Waals surface area contributed by atoms with Gasteiger partial charge in [0.2, 0.25) is 5.54 Å². The van der Waals surface area contributed by atoms with Gasteiger partial charge in [-0.25, -0.2) is 0 Å². The zero-order valence-electron chi connectivity index (χ0n) is 14.2. The molecular weight excluding hydrogens is 393 g/mol. The first kappa shape index (κ1) is 23.4. The summed E-state index contributed by atoms with van der Waals surface area (Å²) in [5.74, 6) is -5.67. The Morgan fingerprint density at radius 2 is 1.63 bits per heavy atom. The molecule has 2 atom stereocenters. The summed E-state index contributed by atoms with van der Waals surface area (Å²) in [4.78, 5) is 10.6. The molecule has 1 saturated heterocycles. The average molecular weight is 411 g/mol. The molecule has 1 fully saturated rings. The highest BCUT2D eigenvalue weighted by Gasteiger charge is 2.81. The summed E-state index contributed by atoms with van der Waals surface area (Å²) in [5.41, 5.74) is -5.01. The smallest absolute Gasteiger partial charge is 0.306 e. The standard InChI is InChI=1S/C16H18F9NO/c1-3-5-6-7-8-11-9-10(4-2)13(15(20,21)22,16(23,24)25)26(11)12(27)14(17,18)19/h4,7-8,10-11H,2-3,5-6,9H2,1H3/b8-7-.